The summed E-state index contributed by atoms with van der Waals surface area (Å²) in [5, 5.41) is 0. The van der Waals surface area contributed by atoms with Gasteiger partial charge in [0.25, 0.3) is 0 Å². The maximum absolute atomic E-state index is 14.0. The third-order valence-corrected chi connectivity index (χ3v) is 6.87. The molecule has 0 spiro atoms. The standard InChI is InChI=1S/C22H28F4O3/c23-18-9-16(10-19(24)20(18)29-22(25)26)14-5-7-15(8-6-14)21-27-11-17(12-28-21)13-3-1-2-4-13/h9-10,13-15,17,21-22H,1-8,11-12H2/t14?,15?,17-,21-. The molecule has 4 rings (SSSR count). The first-order valence-corrected chi connectivity index (χ1v) is 10.7. The molecule has 1 aromatic carbocycles. The van der Waals surface area contributed by atoms with Crippen LogP contribution in [0.1, 0.15) is 62.8 Å². The Kier molecular flexibility index (Phi) is 6.64. The molecule has 3 fully saturated rings. The van der Waals surface area contributed by atoms with Gasteiger partial charge in [-0.15, -0.1) is 0 Å². The molecule has 0 unspecified atom stereocenters. The lowest BCUT2D eigenvalue weighted by Gasteiger charge is -2.39. The lowest BCUT2D eigenvalue weighted by molar-refractivity contribution is -0.234. The van der Waals surface area contributed by atoms with Crippen molar-refractivity contribution in [1.29, 1.82) is 0 Å². The molecule has 162 valence electrons. The van der Waals surface area contributed by atoms with Crippen LogP contribution < -0.4 is 4.74 Å². The Labute approximate surface area is 168 Å². The fraction of sp³-hybridized carbons (Fsp3) is 0.727. The van der Waals surface area contributed by atoms with Gasteiger partial charge in [0.05, 0.1) is 13.2 Å². The number of halogens is 4. The highest BCUT2D eigenvalue weighted by atomic mass is 19.3. The number of benzene rings is 1. The predicted molar refractivity (Wildman–Crippen MR) is 98.8 cm³/mol. The van der Waals surface area contributed by atoms with Gasteiger partial charge in [-0.25, -0.2) is 8.78 Å². The van der Waals surface area contributed by atoms with Gasteiger partial charge in [-0.05, 0) is 55.2 Å². The quantitative estimate of drug-likeness (QED) is 0.550. The highest BCUT2D eigenvalue weighted by molar-refractivity contribution is 5.33. The van der Waals surface area contributed by atoms with E-state index in [9.17, 15) is 17.6 Å². The summed E-state index contributed by atoms with van der Waals surface area (Å²) in [5.41, 5.74) is 0.492. The van der Waals surface area contributed by atoms with Gasteiger partial charge in [0.2, 0.25) is 0 Å². The van der Waals surface area contributed by atoms with E-state index in [1.807, 2.05) is 0 Å². The fourth-order valence-electron chi connectivity index (χ4n) is 5.25. The Bertz CT molecular complexity index is 654. The second-order valence-corrected chi connectivity index (χ2v) is 8.64. The van der Waals surface area contributed by atoms with Crippen molar-refractivity contribution in [2.75, 3.05) is 13.2 Å². The zero-order valence-corrected chi connectivity index (χ0v) is 16.4. The second kappa shape index (κ2) is 9.21. The van der Waals surface area contributed by atoms with Gasteiger partial charge < -0.3 is 14.2 Å². The molecular formula is C22H28F4O3. The molecule has 0 atom stereocenters. The maximum atomic E-state index is 14.0. The molecule has 0 amide bonds. The predicted octanol–water partition coefficient (Wildman–Crippen LogP) is 6.02. The lowest BCUT2D eigenvalue weighted by Crippen LogP contribution is -2.40. The first-order valence-electron chi connectivity index (χ1n) is 10.7. The first-order chi connectivity index (χ1) is 14.0. The fourth-order valence-corrected chi connectivity index (χ4v) is 5.25. The maximum Gasteiger partial charge on any atom is 0.387 e. The Morgan fingerprint density at radius 1 is 0.793 bits per heavy atom. The van der Waals surface area contributed by atoms with Gasteiger partial charge in [-0.3, -0.25) is 0 Å². The molecule has 0 bridgehead atoms. The van der Waals surface area contributed by atoms with Gasteiger partial charge in [-0.2, -0.15) is 8.78 Å². The van der Waals surface area contributed by atoms with Crippen molar-refractivity contribution >= 4 is 0 Å². The van der Waals surface area contributed by atoms with Crippen LogP contribution in [-0.2, 0) is 9.47 Å². The van der Waals surface area contributed by atoms with E-state index in [2.05, 4.69) is 4.74 Å². The van der Waals surface area contributed by atoms with Gasteiger partial charge in [0, 0.05) is 11.8 Å². The molecule has 7 heteroatoms. The molecule has 2 saturated carbocycles. The van der Waals surface area contributed by atoms with E-state index < -0.39 is 24.0 Å². The molecule has 0 aromatic heterocycles. The Balaban J connectivity index is 1.29. The number of ether oxygens (including phenoxy) is 3. The average molecular weight is 416 g/mol. The van der Waals surface area contributed by atoms with Crippen molar-refractivity contribution in [3.8, 4) is 5.75 Å². The van der Waals surface area contributed by atoms with Crippen molar-refractivity contribution in [1.82, 2.24) is 0 Å². The van der Waals surface area contributed by atoms with E-state index >= 15 is 0 Å². The minimum absolute atomic E-state index is 0.00863. The summed E-state index contributed by atoms with van der Waals surface area (Å²) in [6.45, 7) is -1.74. The van der Waals surface area contributed by atoms with Crippen LogP contribution in [0, 0.1) is 29.4 Å². The molecule has 3 aliphatic rings. The third kappa shape index (κ3) is 4.88. The van der Waals surface area contributed by atoms with Crippen LogP contribution in [0.25, 0.3) is 0 Å². The SMILES string of the molecule is Fc1cc(C2CCC([C@H]3OC[C@H](C4CCCC4)CO3)CC2)cc(F)c1OC(F)F. The van der Waals surface area contributed by atoms with Gasteiger partial charge in [0.1, 0.15) is 0 Å². The Morgan fingerprint density at radius 3 is 1.93 bits per heavy atom. The molecule has 0 N–H and O–H groups in total. The van der Waals surface area contributed by atoms with Crippen LogP contribution in [0.5, 0.6) is 5.75 Å². The summed E-state index contributed by atoms with van der Waals surface area (Å²) in [6, 6.07) is 2.23. The van der Waals surface area contributed by atoms with E-state index in [0.717, 1.165) is 56.9 Å². The molecular weight excluding hydrogens is 388 g/mol. The van der Waals surface area contributed by atoms with Crippen LogP contribution in [0.2, 0.25) is 0 Å². The number of rotatable bonds is 5. The molecule has 0 radical (unpaired) electrons. The Hall–Kier alpha value is -1.34. The van der Waals surface area contributed by atoms with Crippen molar-refractivity contribution in [2.24, 2.45) is 17.8 Å². The molecule has 2 aliphatic carbocycles. The van der Waals surface area contributed by atoms with E-state index in [4.69, 9.17) is 9.47 Å². The summed E-state index contributed by atoms with van der Waals surface area (Å²) < 4.78 is 68.6. The molecule has 3 nitrogen and oxygen atoms in total. The summed E-state index contributed by atoms with van der Waals surface area (Å²) in [4.78, 5) is 0. The van der Waals surface area contributed by atoms with Crippen molar-refractivity contribution < 1.29 is 31.8 Å². The molecule has 1 aromatic rings. The van der Waals surface area contributed by atoms with Crippen LogP contribution in [-0.4, -0.2) is 26.1 Å². The summed E-state index contributed by atoms with van der Waals surface area (Å²) in [5.74, 6) is -1.67. The van der Waals surface area contributed by atoms with Crippen LogP contribution >= 0.6 is 0 Å². The van der Waals surface area contributed by atoms with Gasteiger partial charge >= 0.3 is 6.61 Å². The van der Waals surface area contributed by atoms with E-state index in [1.54, 1.807) is 0 Å². The highest BCUT2D eigenvalue weighted by Crippen LogP contribution is 2.41. The third-order valence-electron chi connectivity index (χ3n) is 6.87. The molecule has 1 aliphatic heterocycles. The largest absolute Gasteiger partial charge is 0.429 e. The second-order valence-electron chi connectivity index (χ2n) is 8.64. The van der Waals surface area contributed by atoms with Gasteiger partial charge in [0.15, 0.2) is 23.7 Å². The molecule has 29 heavy (non-hydrogen) atoms. The summed E-state index contributed by atoms with van der Waals surface area (Å²) in [7, 11) is 0. The van der Waals surface area contributed by atoms with Crippen LogP contribution in [0.4, 0.5) is 17.6 Å². The number of hydrogen-bond donors (Lipinski definition) is 0. The summed E-state index contributed by atoms with van der Waals surface area (Å²) in [6.07, 6.45) is 8.20. The first kappa shape index (κ1) is 20.9. The molecule has 1 heterocycles. The van der Waals surface area contributed by atoms with E-state index in [0.29, 0.717) is 11.5 Å². The van der Waals surface area contributed by atoms with Crippen molar-refractivity contribution in [3.05, 3.63) is 29.3 Å². The normalized spacial score (nSPS) is 31.3. The van der Waals surface area contributed by atoms with Crippen LogP contribution in [0.3, 0.4) is 0 Å². The highest BCUT2D eigenvalue weighted by Gasteiger charge is 2.36. The minimum Gasteiger partial charge on any atom is -0.429 e. The number of alkyl halides is 2. The van der Waals surface area contributed by atoms with E-state index in [-0.39, 0.29) is 18.1 Å². The topological polar surface area (TPSA) is 27.7 Å². The van der Waals surface area contributed by atoms with E-state index in [1.165, 1.54) is 25.7 Å². The minimum atomic E-state index is -3.26. The number of hydrogen-bond acceptors (Lipinski definition) is 3. The Morgan fingerprint density at radius 2 is 1.38 bits per heavy atom. The van der Waals surface area contributed by atoms with Crippen LogP contribution in [0.15, 0.2) is 12.1 Å². The zero-order valence-electron chi connectivity index (χ0n) is 16.4. The van der Waals surface area contributed by atoms with Gasteiger partial charge in [-0.1, -0.05) is 25.7 Å². The van der Waals surface area contributed by atoms with Crippen molar-refractivity contribution in [2.45, 2.75) is 70.2 Å². The monoisotopic (exact) mass is 416 g/mol. The van der Waals surface area contributed by atoms with Crippen molar-refractivity contribution in [3.63, 3.8) is 0 Å². The molecule has 1 saturated heterocycles. The lowest BCUT2D eigenvalue weighted by atomic mass is 9.78. The smallest absolute Gasteiger partial charge is 0.387 e. The average Bonchev–Trinajstić information content (AvgIpc) is 3.26. The summed E-state index contributed by atoms with van der Waals surface area (Å²) >= 11 is 0. The zero-order chi connectivity index (χ0) is 20.4.